The quantitative estimate of drug-likeness (QED) is 0.159. The van der Waals surface area contributed by atoms with Crippen molar-refractivity contribution in [3.63, 3.8) is 0 Å². The van der Waals surface area contributed by atoms with E-state index in [0.29, 0.717) is 13.3 Å². The Labute approximate surface area is 291 Å². The average Bonchev–Trinajstić information content (AvgIpc) is 3.94. The van der Waals surface area contributed by atoms with Crippen LogP contribution < -0.4 is 18.3 Å². The van der Waals surface area contributed by atoms with Gasteiger partial charge in [-0.25, -0.2) is 0 Å². The monoisotopic (exact) mass is 682 g/mol. The minimum Gasteiger partial charge on any atom is -0.381 e. The van der Waals surface area contributed by atoms with Crippen molar-refractivity contribution in [2.24, 2.45) is 28.2 Å². The molecule has 9 rings (SSSR count). The maximum absolute atomic E-state index is 4.94. The van der Waals surface area contributed by atoms with E-state index in [4.69, 9.17) is 4.74 Å². The molecular weight excluding hydrogens is 643 g/mol. The second-order valence-corrected chi connectivity index (χ2v) is 11.9. The van der Waals surface area contributed by atoms with Crippen molar-refractivity contribution < 1.29 is 39.5 Å². The summed E-state index contributed by atoms with van der Waals surface area (Å²) in [7, 11) is 8.10. The predicted molar refractivity (Wildman–Crippen MR) is 179 cm³/mol. The second-order valence-electron chi connectivity index (χ2n) is 11.9. The Hall–Kier alpha value is -4.79. The first-order valence-corrected chi connectivity index (χ1v) is 16.0. The Bertz CT molecular complexity index is 1990. The van der Waals surface area contributed by atoms with E-state index in [9.17, 15) is 0 Å². The average molecular weight is 683 g/mol. The Kier molecular flexibility index (Phi) is 10.0. The summed E-state index contributed by atoms with van der Waals surface area (Å²) in [5.74, 6) is 0. The van der Waals surface area contributed by atoms with Crippen LogP contribution in [0.4, 0.5) is 0 Å². The van der Waals surface area contributed by atoms with E-state index in [2.05, 4.69) is 141 Å². The molecule has 0 spiro atoms. The summed E-state index contributed by atoms with van der Waals surface area (Å²) in [5, 5.41) is 0. The summed E-state index contributed by atoms with van der Waals surface area (Å²) in [6.45, 7) is 3.39. The molecule has 1 aliphatic heterocycles. The number of aromatic nitrogens is 8. The molecular formula is C38H40N8NiO. The molecule has 0 N–H and O–H groups in total. The molecule has 0 aliphatic carbocycles. The maximum atomic E-state index is 4.94. The molecule has 0 unspecified atom stereocenters. The first-order valence-electron chi connectivity index (χ1n) is 16.0. The van der Waals surface area contributed by atoms with Gasteiger partial charge in [0.2, 0.25) is 25.3 Å². The van der Waals surface area contributed by atoms with Crippen LogP contribution in [-0.2, 0) is 62.8 Å². The molecule has 0 atom stereocenters. The summed E-state index contributed by atoms with van der Waals surface area (Å²) < 4.78 is 21.6. The Morgan fingerprint density at radius 1 is 0.458 bits per heavy atom. The number of rotatable bonds is 4. The molecule has 0 saturated carbocycles. The molecule has 248 valence electrons. The van der Waals surface area contributed by atoms with E-state index >= 15 is 0 Å². The van der Waals surface area contributed by atoms with Gasteiger partial charge >= 0.3 is 0 Å². The summed E-state index contributed by atoms with van der Waals surface area (Å²) in [6, 6.07) is 33.4. The van der Waals surface area contributed by atoms with E-state index < -0.39 is 0 Å². The number of imidazole rings is 4. The molecule has 0 amide bonds. The first kappa shape index (κ1) is 33.1. The second kappa shape index (κ2) is 14.5. The number of para-hydroxylation sites is 8. The van der Waals surface area contributed by atoms with Crippen LogP contribution in [0.25, 0.3) is 44.1 Å². The van der Waals surface area contributed by atoms with Crippen molar-refractivity contribution in [3.05, 3.63) is 122 Å². The third kappa shape index (κ3) is 6.64. The van der Waals surface area contributed by atoms with Crippen molar-refractivity contribution in [2.45, 2.75) is 26.2 Å². The number of hydrogen-bond donors (Lipinski definition) is 0. The van der Waals surface area contributed by atoms with Gasteiger partial charge in [0.25, 0.3) is 0 Å². The van der Waals surface area contributed by atoms with Gasteiger partial charge in [-0.1, -0.05) is 97.1 Å². The van der Waals surface area contributed by atoms with Crippen LogP contribution in [0.5, 0.6) is 0 Å². The molecule has 4 aromatic heterocycles. The van der Waals surface area contributed by atoms with Crippen LogP contribution >= 0.6 is 0 Å². The topological polar surface area (TPSA) is 44.5 Å². The van der Waals surface area contributed by atoms with E-state index in [1.807, 2.05) is 46.5 Å². The SMILES string of the molecule is C1CCOC1.C[n+]1[c-]n(Cn2[c-][n+](C)c3ccccc32)c2ccccc21.C[n+]1[c-]n(Cn2[c-][n+](C)c3ccccc32)c2ccccc21.[Ni]. The smallest absolute Gasteiger partial charge is 0.207 e. The van der Waals surface area contributed by atoms with Gasteiger partial charge in [0.05, 0.1) is 28.2 Å². The zero-order valence-corrected chi connectivity index (χ0v) is 28.8. The van der Waals surface area contributed by atoms with E-state index in [1.165, 1.54) is 57.0 Å². The Morgan fingerprint density at radius 3 is 0.938 bits per heavy atom. The van der Waals surface area contributed by atoms with Crippen molar-refractivity contribution in [3.8, 4) is 0 Å². The number of ether oxygens (including phenoxy) is 1. The molecule has 1 fully saturated rings. The van der Waals surface area contributed by atoms with Gasteiger partial charge < -0.3 is 41.3 Å². The Balaban J connectivity index is 0.000000143. The van der Waals surface area contributed by atoms with Gasteiger partial charge in [0.1, 0.15) is 0 Å². The van der Waals surface area contributed by atoms with Gasteiger partial charge in [0.15, 0.2) is 13.3 Å². The van der Waals surface area contributed by atoms with Gasteiger partial charge in [-0.05, 0) is 12.8 Å². The predicted octanol–water partition coefficient (Wildman–Crippen LogP) is 3.50. The van der Waals surface area contributed by atoms with Crippen LogP contribution in [0, 0.1) is 25.3 Å². The molecule has 9 nitrogen and oxygen atoms in total. The third-order valence-electron chi connectivity index (χ3n) is 8.61. The number of hydrogen-bond acceptors (Lipinski definition) is 1. The van der Waals surface area contributed by atoms with Crippen molar-refractivity contribution >= 4 is 44.1 Å². The first-order chi connectivity index (χ1) is 23.0. The molecule has 0 bridgehead atoms. The summed E-state index contributed by atoms with van der Waals surface area (Å²) in [4.78, 5) is 0. The molecule has 48 heavy (non-hydrogen) atoms. The molecule has 4 aromatic carbocycles. The minimum absolute atomic E-state index is 0. The van der Waals surface area contributed by atoms with Gasteiger partial charge in [-0.15, -0.1) is 0 Å². The molecule has 1 saturated heterocycles. The number of nitrogens with zero attached hydrogens (tertiary/aromatic N) is 8. The van der Waals surface area contributed by atoms with Gasteiger partial charge in [0, 0.05) is 73.8 Å². The van der Waals surface area contributed by atoms with Crippen molar-refractivity contribution in [1.82, 2.24) is 18.3 Å². The third-order valence-corrected chi connectivity index (χ3v) is 8.61. The molecule has 0 radical (unpaired) electrons. The van der Waals surface area contributed by atoms with Gasteiger partial charge in [-0.2, -0.15) is 0 Å². The molecule has 10 heteroatoms. The summed E-state index contributed by atoms with van der Waals surface area (Å²) in [6.07, 6.45) is 16.0. The fraction of sp³-hybridized carbons (Fsp3) is 0.263. The van der Waals surface area contributed by atoms with Gasteiger partial charge in [-0.3, -0.25) is 0 Å². The van der Waals surface area contributed by atoms with E-state index in [1.54, 1.807) is 0 Å². The van der Waals surface area contributed by atoms with Crippen LogP contribution in [0.3, 0.4) is 0 Å². The van der Waals surface area contributed by atoms with Crippen molar-refractivity contribution in [2.75, 3.05) is 13.2 Å². The zero-order chi connectivity index (χ0) is 32.3. The fourth-order valence-corrected chi connectivity index (χ4v) is 6.28. The standard InChI is InChI=1S/2C17H16N4.C4H8O.Ni/c2*1-18-11-20(16-9-5-3-7-14(16)18)13-21-12-19(2)15-8-4-6-10-17(15)21;1-2-4-5-3-1;/h2*3-10H,13H2,1-2H3;1-4H2;. The summed E-state index contributed by atoms with van der Waals surface area (Å²) >= 11 is 0. The van der Waals surface area contributed by atoms with E-state index in [-0.39, 0.29) is 16.5 Å². The molecule has 8 aromatic rings. The summed E-state index contributed by atoms with van der Waals surface area (Å²) in [5.41, 5.74) is 9.42. The van der Waals surface area contributed by atoms with Crippen LogP contribution in [0.15, 0.2) is 97.1 Å². The molecule has 5 heterocycles. The minimum atomic E-state index is 0. The van der Waals surface area contributed by atoms with E-state index in [0.717, 1.165) is 13.2 Å². The normalized spacial score (nSPS) is 12.6. The van der Waals surface area contributed by atoms with Crippen LogP contribution in [-0.4, -0.2) is 31.5 Å². The van der Waals surface area contributed by atoms with Crippen LogP contribution in [0.2, 0.25) is 0 Å². The fourth-order valence-electron chi connectivity index (χ4n) is 6.28. The number of fused-ring (bicyclic) bond motifs is 4. The van der Waals surface area contributed by atoms with Crippen LogP contribution in [0.1, 0.15) is 12.8 Å². The molecule has 1 aliphatic rings. The van der Waals surface area contributed by atoms with Crippen molar-refractivity contribution in [1.29, 1.82) is 0 Å². The maximum Gasteiger partial charge on any atom is 0.207 e. The number of aryl methyl sites for hydroxylation is 4. The number of benzene rings is 4. The largest absolute Gasteiger partial charge is 0.381 e. The Morgan fingerprint density at radius 2 is 0.708 bits per heavy atom. The zero-order valence-electron chi connectivity index (χ0n) is 27.8.